The van der Waals surface area contributed by atoms with Crippen molar-refractivity contribution >= 4 is 5.97 Å². The lowest BCUT2D eigenvalue weighted by Gasteiger charge is -2.39. The SMILES string of the molecule is CCCc1ccc(OC2CN(Cc3ccccc3)C2)c(C(=O)O)c1OC. The van der Waals surface area contributed by atoms with Crippen LogP contribution in [0.3, 0.4) is 0 Å². The first-order valence-electron chi connectivity index (χ1n) is 8.98. The zero-order valence-corrected chi connectivity index (χ0v) is 15.3. The Bertz CT molecular complexity index is 754. The maximum atomic E-state index is 11.8. The molecule has 138 valence electrons. The number of aryl methyl sites for hydroxylation is 1. The Labute approximate surface area is 154 Å². The quantitative estimate of drug-likeness (QED) is 0.784. The fraction of sp³-hybridized carbons (Fsp3) is 0.381. The lowest BCUT2D eigenvalue weighted by Crippen LogP contribution is -2.53. The van der Waals surface area contributed by atoms with E-state index in [1.165, 1.54) is 12.7 Å². The van der Waals surface area contributed by atoms with E-state index in [2.05, 4.69) is 24.0 Å². The summed E-state index contributed by atoms with van der Waals surface area (Å²) in [6, 6.07) is 14.0. The van der Waals surface area contributed by atoms with Gasteiger partial charge in [-0.25, -0.2) is 4.79 Å². The van der Waals surface area contributed by atoms with Crippen LogP contribution in [-0.4, -0.2) is 42.3 Å². The van der Waals surface area contributed by atoms with E-state index < -0.39 is 5.97 Å². The van der Waals surface area contributed by atoms with Gasteiger partial charge in [-0.2, -0.15) is 0 Å². The zero-order chi connectivity index (χ0) is 18.5. The fourth-order valence-electron chi connectivity index (χ4n) is 3.36. The average Bonchev–Trinajstić information content (AvgIpc) is 2.61. The Morgan fingerprint density at radius 1 is 1.19 bits per heavy atom. The van der Waals surface area contributed by atoms with Gasteiger partial charge in [-0.3, -0.25) is 4.90 Å². The third-order valence-electron chi connectivity index (χ3n) is 4.60. The molecule has 0 unspecified atom stereocenters. The van der Waals surface area contributed by atoms with Gasteiger partial charge >= 0.3 is 5.97 Å². The number of rotatable bonds is 8. The molecule has 26 heavy (non-hydrogen) atoms. The molecule has 0 aliphatic carbocycles. The van der Waals surface area contributed by atoms with E-state index in [0.29, 0.717) is 11.5 Å². The second kappa shape index (κ2) is 8.23. The molecule has 3 rings (SSSR count). The molecule has 0 bridgehead atoms. The molecular weight excluding hydrogens is 330 g/mol. The van der Waals surface area contributed by atoms with Crippen LogP contribution in [0.4, 0.5) is 0 Å². The average molecular weight is 355 g/mol. The summed E-state index contributed by atoms with van der Waals surface area (Å²) in [5.41, 5.74) is 2.29. The number of methoxy groups -OCH3 is 1. The summed E-state index contributed by atoms with van der Waals surface area (Å²) >= 11 is 0. The van der Waals surface area contributed by atoms with Crippen LogP contribution in [0.15, 0.2) is 42.5 Å². The lowest BCUT2D eigenvalue weighted by molar-refractivity contribution is 0.0134. The Morgan fingerprint density at radius 3 is 2.54 bits per heavy atom. The van der Waals surface area contributed by atoms with Crippen LogP contribution in [-0.2, 0) is 13.0 Å². The first-order valence-corrected chi connectivity index (χ1v) is 8.98. The second-order valence-corrected chi connectivity index (χ2v) is 6.61. The van der Waals surface area contributed by atoms with Crippen LogP contribution in [0, 0.1) is 0 Å². The summed E-state index contributed by atoms with van der Waals surface area (Å²) in [7, 11) is 1.51. The number of likely N-dealkylation sites (tertiary alicyclic amines) is 1. The van der Waals surface area contributed by atoms with Gasteiger partial charge in [0.05, 0.1) is 7.11 Å². The highest BCUT2D eigenvalue weighted by Crippen LogP contribution is 2.34. The minimum Gasteiger partial charge on any atom is -0.495 e. The molecule has 2 aromatic carbocycles. The molecule has 1 heterocycles. The number of carbonyl (C=O) groups is 1. The molecule has 0 saturated carbocycles. The van der Waals surface area contributed by atoms with E-state index in [4.69, 9.17) is 9.47 Å². The molecule has 0 amide bonds. The molecule has 2 aromatic rings. The van der Waals surface area contributed by atoms with E-state index in [1.807, 2.05) is 24.3 Å². The van der Waals surface area contributed by atoms with E-state index in [0.717, 1.165) is 38.0 Å². The van der Waals surface area contributed by atoms with Crippen molar-refractivity contribution < 1.29 is 19.4 Å². The number of carboxylic acids is 1. The highest BCUT2D eigenvalue weighted by molar-refractivity contribution is 5.94. The topological polar surface area (TPSA) is 59.0 Å². The number of benzene rings is 2. The second-order valence-electron chi connectivity index (χ2n) is 6.61. The molecule has 1 fully saturated rings. The van der Waals surface area contributed by atoms with Gasteiger partial charge in [-0.05, 0) is 23.6 Å². The monoisotopic (exact) mass is 355 g/mol. The fourth-order valence-corrected chi connectivity index (χ4v) is 3.36. The summed E-state index contributed by atoms with van der Waals surface area (Å²) < 4.78 is 11.4. The minimum absolute atomic E-state index is 0.00135. The number of hydrogen-bond acceptors (Lipinski definition) is 4. The summed E-state index contributed by atoms with van der Waals surface area (Å²) in [5, 5.41) is 9.65. The van der Waals surface area contributed by atoms with Crippen molar-refractivity contribution in [1.82, 2.24) is 4.90 Å². The predicted molar refractivity (Wildman–Crippen MR) is 100 cm³/mol. The first-order chi connectivity index (χ1) is 12.6. The van der Waals surface area contributed by atoms with Gasteiger partial charge in [0.15, 0.2) is 0 Å². The number of nitrogens with zero attached hydrogens (tertiary/aromatic N) is 1. The maximum absolute atomic E-state index is 11.8. The van der Waals surface area contributed by atoms with Crippen LogP contribution < -0.4 is 9.47 Å². The summed E-state index contributed by atoms with van der Waals surface area (Å²) in [5.74, 6) is -0.217. The lowest BCUT2D eigenvalue weighted by atomic mass is 10.0. The Morgan fingerprint density at radius 2 is 1.92 bits per heavy atom. The molecule has 5 heteroatoms. The Kier molecular flexibility index (Phi) is 5.78. The largest absolute Gasteiger partial charge is 0.495 e. The molecule has 0 spiro atoms. The van der Waals surface area contributed by atoms with E-state index in [9.17, 15) is 9.90 Å². The van der Waals surface area contributed by atoms with Crippen molar-refractivity contribution in [3.05, 3.63) is 59.2 Å². The molecule has 1 aliphatic rings. The molecule has 1 N–H and O–H groups in total. The van der Waals surface area contributed by atoms with E-state index in [1.54, 1.807) is 6.07 Å². The number of aromatic carboxylic acids is 1. The molecule has 1 saturated heterocycles. The highest BCUT2D eigenvalue weighted by atomic mass is 16.5. The molecule has 0 aromatic heterocycles. The maximum Gasteiger partial charge on any atom is 0.343 e. The minimum atomic E-state index is -1.02. The van der Waals surface area contributed by atoms with Crippen LogP contribution in [0.25, 0.3) is 0 Å². The van der Waals surface area contributed by atoms with Crippen LogP contribution in [0.2, 0.25) is 0 Å². The van der Waals surface area contributed by atoms with Gasteiger partial charge in [-0.1, -0.05) is 49.7 Å². The summed E-state index contributed by atoms with van der Waals surface area (Å²) in [6.45, 7) is 4.51. The van der Waals surface area contributed by atoms with E-state index in [-0.39, 0.29) is 11.7 Å². The van der Waals surface area contributed by atoms with Crippen molar-refractivity contribution in [3.63, 3.8) is 0 Å². The first kappa shape index (κ1) is 18.3. The number of ether oxygens (including phenoxy) is 2. The zero-order valence-electron chi connectivity index (χ0n) is 15.3. The molecule has 5 nitrogen and oxygen atoms in total. The smallest absolute Gasteiger partial charge is 0.343 e. The van der Waals surface area contributed by atoms with Crippen molar-refractivity contribution in [2.75, 3.05) is 20.2 Å². The third-order valence-corrected chi connectivity index (χ3v) is 4.60. The summed E-state index contributed by atoms with van der Waals surface area (Å²) in [6.07, 6.45) is 1.70. The van der Waals surface area contributed by atoms with Gasteiger partial charge in [0.1, 0.15) is 23.2 Å². The summed E-state index contributed by atoms with van der Waals surface area (Å²) in [4.78, 5) is 14.1. The van der Waals surface area contributed by atoms with Gasteiger partial charge in [-0.15, -0.1) is 0 Å². The Hall–Kier alpha value is -2.53. The Balaban J connectivity index is 1.68. The standard InChI is InChI=1S/C21H25NO4/c1-3-7-16-10-11-18(19(21(23)24)20(16)25-2)26-17-13-22(14-17)12-15-8-5-4-6-9-15/h4-6,8-11,17H,3,7,12-14H2,1-2H3,(H,23,24). The molecule has 0 radical (unpaired) electrons. The van der Waals surface area contributed by atoms with Crippen molar-refractivity contribution in [2.45, 2.75) is 32.4 Å². The number of carboxylic acid groups (broad SMARTS) is 1. The van der Waals surface area contributed by atoms with Crippen molar-refractivity contribution in [3.8, 4) is 11.5 Å². The predicted octanol–water partition coefficient (Wildman–Crippen LogP) is 3.61. The number of hydrogen-bond donors (Lipinski definition) is 1. The van der Waals surface area contributed by atoms with Crippen molar-refractivity contribution in [1.29, 1.82) is 0 Å². The molecule has 1 aliphatic heterocycles. The van der Waals surface area contributed by atoms with Crippen LogP contribution in [0.1, 0.15) is 34.8 Å². The van der Waals surface area contributed by atoms with Crippen LogP contribution >= 0.6 is 0 Å². The van der Waals surface area contributed by atoms with Crippen molar-refractivity contribution in [2.24, 2.45) is 0 Å². The third kappa shape index (κ3) is 3.99. The molecular formula is C21H25NO4. The van der Waals surface area contributed by atoms with Gasteiger partial charge in [0.25, 0.3) is 0 Å². The van der Waals surface area contributed by atoms with Gasteiger partial charge < -0.3 is 14.6 Å². The normalized spacial score (nSPS) is 14.7. The van der Waals surface area contributed by atoms with Crippen LogP contribution in [0.5, 0.6) is 11.5 Å². The molecule has 0 atom stereocenters. The van der Waals surface area contributed by atoms with Gasteiger partial charge in [0, 0.05) is 19.6 Å². The highest BCUT2D eigenvalue weighted by Gasteiger charge is 2.30. The van der Waals surface area contributed by atoms with Gasteiger partial charge in [0.2, 0.25) is 0 Å². The van der Waals surface area contributed by atoms with E-state index >= 15 is 0 Å².